The molecule has 0 spiro atoms. The molecule has 36 heavy (non-hydrogen) atoms. The Balaban J connectivity index is 1.72. The normalized spacial score (nSPS) is 13.4. The number of aromatic nitrogens is 4. The third kappa shape index (κ3) is 4.07. The van der Waals surface area contributed by atoms with E-state index in [2.05, 4.69) is 15.3 Å². The summed E-state index contributed by atoms with van der Waals surface area (Å²) >= 11 is 0. The van der Waals surface area contributed by atoms with E-state index in [-0.39, 0.29) is 23.1 Å². The van der Waals surface area contributed by atoms with Crippen LogP contribution in [-0.2, 0) is 6.18 Å². The smallest absolute Gasteiger partial charge is 0.335 e. The fourth-order valence-electron chi connectivity index (χ4n) is 4.04. The fraction of sp³-hybridized carbons (Fsp3) is 0.200. The van der Waals surface area contributed by atoms with E-state index in [0.717, 1.165) is 34.1 Å². The van der Waals surface area contributed by atoms with Crippen molar-refractivity contribution in [3.63, 3.8) is 0 Å². The summed E-state index contributed by atoms with van der Waals surface area (Å²) in [6.45, 7) is 8.71. The van der Waals surface area contributed by atoms with E-state index in [1.807, 2.05) is 0 Å². The number of imidazole rings is 1. The number of carbonyl (C=O) groups excluding carboxylic acids is 1. The SMILES string of the molecule is [C-]#[N+]c1ccc(-n2nccc2-c2c(C)n(-c3cccc(C(F)(F)F)c3)c(=O)n2C(=O)NC2CC2)cc1. The molecule has 1 aliphatic carbocycles. The average Bonchev–Trinajstić information content (AvgIpc) is 3.46. The van der Waals surface area contributed by atoms with Crippen molar-refractivity contribution in [2.45, 2.75) is 32.0 Å². The van der Waals surface area contributed by atoms with Crippen LogP contribution in [0.15, 0.2) is 65.6 Å². The fourth-order valence-corrected chi connectivity index (χ4v) is 4.04. The second-order valence-electron chi connectivity index (χ2n) is 8.42. The van der Waals surface area contributed by atoms with E-state index >= 15 is 0 Å². The highest BCUT2D eigenvalue weighted by Crippen LogP contribution is 2.32. The molecule has 11 heteroatoms. The Bertz CT molecular complexity index is 1570. The molecule has 1 saturated carbocycles. The van der Waals surface area contributed by atoms with Gasteiger partial charge in [0.2, 0.25) is 0 Å². The Morgan fingerprint density at radius 3 is 2.47 bits per heavy atom. The minimum Gasteiger partial charge on any atom is -0.335 e. The summed E-state index contributed by atoms with van der Waals surface area (Å²) < 4.78 is 43.7. The number of rotatable bonds is 4. The molecular weight excluding hydrogens is 473 g/mol. The maximum Gasteiger partial charge on any atom is 0.416 e. The molecule has 2 aromatic heterocycles. The Morgan fingerprint density at radius 1 is 1.11 bits per heavy atom. The molecule has 1 aliphatic rings. The van der Waals surface area contributed by atoms with Crippen molar-refractivity contribution in [1.29, 1.82) is 0 Å². The molecular formula is C25H19F3N6O2. The van der Waals surface area contributed by atoms with E-state index in [9.17, 15) is 22.8 Å². The van der Waals surface area contributed by atoms with E-state index in [1.54, 1.807) is 37.3 Å². The number of nitrogens with zero attached hydrogens (tertiary/aromatic N) is 5. The van der Waals surface area contributed by atoms with Crippen molar-refractivity contribution >= 4 is 11.7 Å². The molecule has 0 bridgehead atoms. The quantitative estimate of drug-likeness (QED) is 0.403. The number of benzene rings is 2. The van der Waals surface area contributed by atoms with Crippen LogP contribution < -0.4 is 11.0 Å². The van der Waals surface area contributed by atoms with Gasteiger partial charge in [-0.15, -0.1) is 0 Å². The molecule has 0 aliphatic heterocycles. The summed E-state index contributed by atoms with van der Waals surface area (Å²) in [5.41, 5.74) is 0.141. The Morgan fingerprint density at radius 2 is 1.83 bits per heavy atom. The Hall–Kier alpha value is -4.59. The molecule has 0 radical (unpaired) electrons. The number of hydrogen-bond acceptors (Lipinski definition) is 3. The summed E-state index contributed by atoms with van der Waals surface area (Å²) in [6.07, 6.45) is -1.53. The summed E-state index contributed by atoms with van der Waals surface area (Å²) in [5.74, 6) is 0. The lowest BCUT2D eigenvalue weighted by Gasteiger charge is -2.12. The van der Waals surface area contributed by atoms with E-state index in [0.29, 0.717) is 17.1 Å². The lowest BCUT2D eigenvalue weighted by atomic mass is 10.2. The van der Waals surface area contributed by atoms with Gasteiger partial charge in [-0.25, -0.2) is 23.7 Å². The van der Waals surface area contributed by atoms with Gasteiger partial charge in [0.25, 0.3) is 0 Å². The van der Waals surface area contributed by atoms with Gasteiger partial charge in [0.05, 0.1) is 41.1 Å². The van der Waals surface area contributed by atoms with Crippen molar-refractivity contribution in [2.24, 2.45) is 0 Å². The minimum absolute atomic E-state index is 0.0148. The molecule has 4 aromatic rings. The molecule has 2 heterocycles. The zero-order chi connectivity index (χ0) is 25.6. The second kappa shape index (κ2) is 8.57. The molecule has 2 aromatic carbocycles. The number of alkyl halides is 3. The van der Waals surface area contributed by atoms with Gasteiger partial charge in [-0.1, -0.05) is 18.2 Å². The van der Waals surface area contributed by atoms with Crippen LogP contribution in [0.4, 0.5) is 23.7 Å². The first kappa shape index (κ1) is 23.2. The highest BCUT2D eigenvalue weighted by molar-refractivity contribution is 5.83. The van der Waals surface area contributed by atoms with Gasteiger partial charge < -0.3 is 5.32 Å². The summed E-state index contributed by atoms with van der Waals surface area (Å²) in [5, 5.41) is 7.11. The number of halogens is 3. The molecule has 0 saturated heterocycles. The largest absolute Gasteiger partial charge is 0.416 e. The third-order valence-electron chi connectivity index (χ3n) is 5.93. The number of nitrogens with one attached hydrogen (secondary N) is 1. The number of carbonyl (C=O) groups is 1. The standard InChI is InChI=1S/C25H19F3N6O2/c1-15-22(21-12-13-30-34(21)19-10-8-17(29-2)9-11-19)33(23(35)31-18-6-7-18)24(36)32(15)20-5-3-4-16(14-20)25(26,27)28/h3-5,8-14,18H,6-7H2,1H3,(H,31,35). The summed E-state index contributed by atoms with van der Waals surface area (Å²) in [6, 6.07) is 11.9. The van der Waals surface area contributed by atoms with Crippen molar-refractivity contribution in [1.82, 2.24) is 24.2 Å². The zero-order valence-electron chi connectivity index (χ0n) is 19.0. The first-order valence-corrected chi connectivity index (χ1v) is 11.0. The summed E-state index contributed by atoms with van der Waals surface area (Å²) in [7, 11) is 0. The van der Waals surface area contributed by atoms with Crippen LogP contribution in [0.3, 0.4) is 0 Å². The predicted molar refractivity (Wildman–Crippen MR) is 126 cm³/mol. The second-order valence-corrected chi connectivity index (χ2v) is 8.42. The molecule has 0 unspecified atom stereocenters. The molecule has 5 rings (SSSR count). The molecule has 1 amide bonds. The highest BCUT2D eigenvalue weighted by Gasteiger charge is 2.33. The Kier molecular flexibility index (Phi) is 5.51. The highest BCUT2D eigenvalue weighted by atomic mass is 19.4. The summed E-state index contributed by atoms with van der Waals surface area (Å²) in [4.78, 5) is 30.1. The van der Waals surface area contributed by atoms with Crippen LogP contribution in [0.5, 0.6) is 0 Å². The molecule has 8 nitrogen and oxygen atoms in total. The number of amides is 1. The molecule has 1 N–H and O–H groups in total. The van der Waals surface area contributed by atoms with Gasteiger partial charge in [0.15, 0.2) is 5.69 Å². The van der Waals surface area contributed by atoms with E-state index in [4.69, 9.17) is 6.57 Å². The monoisotopic (exact) mass is 492 g/mol. The van der Waals surface area contributed by atoms with Gasteiger partial charge in [0.1, 0.15) is 5.69 Å². The van der Waals surface area contributed by atoms with Gasteiger partial charge in [-0.3, -0.25) is 4.57 Å². The van der Waals surface area contributed by atoms with Crippen LogP contribution in [0.1, 0.15) is 24.1 Å². The van der Waals surface area contributed by atoms with Crippen LogP contribution in [0.2, 0.25) is 0 Å². The molecule has 182 valence electrons. The topological polar surface area (TPSA) is 78.2 Å². The van der Waals surface area contributed by atoms with Gasteiger partial charge in [-0.2, -0.15) is 18.3 Å². The van der Waals surface area contributed by atoms with Gasteiger partial charge in [0, 0.05) is 6.04 Å². The Labute approximate surface area is 203 Å². The predicted octanol–water partition coefficient (Wildman–Crippen LogP) is 5.09. The maximum absolute atomic E-state index is 13.6. The number of hydrogen-bond donors (Lipinski definition) is 1. The third-order valence-corrected chi connectivity index (χ3v) is 5.93. The average molecular weight is 492 g/mol. The first-order chi connectivity index (χ1) is 17.2. The van der Waals surface area contributed by atoms with Gasteiger partial charge in [-0.05, 0) is 56.2 Å². The van der Waals surface area contributed by atoms with Crippen LogP contribution in [-0.4, -0.2) is 31.0 Å². The van der Waals surface area contributed by atoms with Crippen molar-refractivity contribution < 1.29 is 18.0 Å². The lowest BCUT2D eigenvalue weighted by Crippen LogP contribution is -2.38. The van der Waals surface area contributed by atoms with E-state index in [1.165, 1.54) is 23.0 Å². The zero-order valence-corrected chi connectivity index (χ0v) is 19.0. The minimum atomic E-state index is -4.60. The van der Waals surface area contributed by atoms with Crippen LogP contribution in [0.25, 0.3) is 27.6 Å². The molecule has 0 atom stereocenters. The van der Waals surface area contributed by atoms with Crippen molar-refractivity contribution in [3.8, 4) is 22.8 Å². The van der Waals surface area contributed by atoms with Crippen LogP contribution in [0, 0.1) is 13.5 Å². The molecule has 1 fully saturated rings. The lowest BCUT2D eigenvalue weighted by molar-refractivity contribution is -0.137. The van der Waals surface area contributed by atoms with Crippen molar-refractivity contribution in [2.75, 3.05) is 0 Å². The van der Waals surface area contributed by atoms with Gasteiger partial charge >= 0.3 is 17.9 Å². The van der Waals surface area contributed by atoms with Crippen molar-refractivity contribution in [3.05, 3.63) is 94.0 Å². The first-order valence-electron chi connectivity index (χ1n) is 11.0. The maximum atomic E-state index is 13.6. The van der Waals surface area contributed by atoms with Crippen LogP contribution >= 0.6 is 0 Å². The van der Waals surface area contributed by atoms with E-state index < -0.39 is 23.5 Å².